The highest BCUT2D eigenvalue weighted by Gasteiger charge is 2.74. The lowest BCUT2D eigenvalue weighted by atomic mass is 10.4. The SMILES string of the molecule is CCc1nc(-c2oc3c4c2P34=O)cs1. The van der Waals surface area contributed by atoms with Gasteiger partial charge >= 0.3 is 0 Å². The van der Waals surface area contributed by atoms with Crippen molar-refractivity contribution < 1.29 is 8.98 Å². The summed E-state index contributed by atoms with van der Waals surface area (Å²) in [6.45, 7) is 2.08. The Morgan fingerprint density at radius 2 is 2.36 bits per heavy atom. The van der Waals surface area contributed by atoms with E-state index in [0.29, 0.717) is 0 Å². The van der Waals surface area contributed by atoms with Gasteiger partial charge in [0.2, 0.25) is 7.14 Å². The highest BCUT2D eigenvalue weighted by Crippen LogP contribution is 2.70. The molecule has 0 fully saturated rings. The van der Waals surface area contributed by atoms with Crippen molar-refractivity contribution in [2.75, 3.05) is 0 Å². The zero-order valence-electron chi connectivity index (χ0n) is 7.40. The van der Waals surface area contributed by atoms with Crippen molar-refractivity contribution in [1.29, 1.82) is 0 Å². The van der Waals surface area contributed by atoms with Crippen LogP contribution in [0.1, 0.15) is 11.9 Å². The van der Waals surface area contributed by atoms with Gasteiger partial charge in [0.15, 0.2) is 11.3 Å². The number of thiazole rings is 1. The molecule has 0 aliphatic carbocycles. The summed E-state index contributed by atoms with van der Waals surface area (Å²) in [7, 11) is -2.06. The van der Waals surface area contributed by atoms with E-state index >= 15 is 0 Å². The molecule has 14 heavy (non-hydrogen) atoms. The van der Waals surface area contributed by atoms with Crippen molar-refractivity contribution >= 4 is 34.6 Å². The van der Waals surface area contributed by atoms with Gasteiger partial charge in [-0.3, -0.25) is 0 Å². The Morgan fingerprint density at radius 1 is 1.57 bits per heavy atom. The van der Waals surface area contributed by atoms with Crippen LogP contribution in [-0.4, -0.2) is 4.98 Å². The standard InChI is InChI=1S/C9H6NO2PS/c1-2-5-10-4(3-14-5)6-7-8-9(12-6)13(7,8)11/h3H,2H2,1H3. The maximum absolute atomic E-state index is 11.7. The fourth-order valence-electron chi connectivity index (χ4n) is 1.85. The quantitative estimate of drug-likeness (QED) is 0.480. The van der Waals surface area contributed by atoms with Crippen LogP contribution in [0.3, 0.4) is 0 Å². The average molecular weight is 223 g/mol. The molecule has 0 saturated carbocycles. The first-order valence-corrected chi connectivity index (χ1v) is 7.08. The number of hydrogen-bond donors (Lipinski definition) is 0. The Bertz CT molecular complexity index is 616. The first-order chi connectivity index (χ1) is 6.76. The summed E-state index contributed by atoms with van der Waals surface area (Å²) in [6, 6.07) is 0. The molecule has 0 spiro atoms. The van der Waals surface area contributed by atoms with Gasteiger partial charge in [0.05, 0.1) is 15.6 Å². The van der Waals surface area contributed by atoms with E-state index in [0.717, 1.165) is 39.0 Å². The van der Waals surface area contributed by atoms with Crippen molar-refractivity contribution in [3.05, 3.63) is 10.4 Å². The zero-order valence-corrected chi connectivity index (χ0v) is 9.11. The number of hydrogen-bond acceptors (Lipinski definition) is 4. The molecule has 3 aliphatic heterocycles. The Labute approximate surface area is 84.2 Å². The highest BCUT2D eigenvalue weighted by molar-refractivity contribution is 8.06. The van der Waals surface area contributed by atoms with Gasteiger partial charge in [0, 0.05) is 5.38 Å². The molecule has 0 aromatic carbocycles. The average Bonchev–Trinajstić information content (AvgIpc) is 2.85. The second kappa shape index (κ2) is 1.90. The molecule has 3 nitrogen and oxygen atoms in total. The van der Waals surface area contributed by atoms with E-state index in [9.17, 15) is 4.57 Å². The van der Waals surface area contributed by atoms with Crippen LogP contribution in [0.5, 0.6) is 0 Å². The van der Waals surface area contributed by atoms with E-state index < -0.39 is 7.14 Å². The van der Waals surface area contributed by atoms with E-state index in [1.165, 1.54) is 0 Å². The molecule has 2 aromatic heterocycles. The molecular weight excluding hydrogens is 217 g/mol. The smallest absolute Gasteiger partial charge is 0.214 e. The topological polar surface area (TPSA) is 43.1 Å². The van der Waals surface area contributed by atoms with Crippen molar-refractivity contribution in [2.24, 2.45) is 0 Å². The minimum Gasteiger partial charge on any atom is -0.449 e. The molecule has 0 amide bonds. The molecule has 1 atom stereocenters. The summed E-state index contributed by atoms with van der Waals surface area (Å²) in [4.78, 5) is 4.42. The van der Waals surface area contributed by atoms with Gasteiger partial charge in [-0.1, -0.05) is 6.92 Å². The number of aromatic nitrogens is 1. The zero-order chi connectivity index (χ0) is 9.50. The molecule has 1 unspecified atom stereocenters. The Morgan fingerprint density at radius 3 is 2.86 bits per heavy atom. The van der Waals surface area contributed by atoms with Gasteiger partial charge in [0.1, 0.15) is 5.69 Å². The molecule has 5 heteroatoms. The van der Waals surface area contributed by atoms with E-state index in [1.807, 2.05) is 5.38 Å². The third kappa shape index (κ3) is 0.588. The number of aryl methyl sites for hydroxylation is 1. The predicted octanol–water partition coefficient (Wildman–Crippen LogP) is 1.23. The molecule has 0 N–H and O–H groups in total. The molecule has 5 heterocycles. The van der Waals surface area contributed by atoms with Crippen LogP contribution in [0.15, 0.2) is 9.80 Å². The molecule has 0 saturated heterocycles. The second-order valence-electron chi connectivity index (χ2n) is 3.52. The van der Waals surface area contributed by atoms with Gasteiger partial charge < -0.3 is 8.98 Å². The van der Waals surface area contributed by atoms with E-state index in [-0.39, 0.29) is 0 Å². The van der Waals surface area contributed by atoms with E-state index in [1.54, 1.807) is 11.3 Å². The molecule has 70 valence electrons. The lowest BCUT2D eigenvalue weighted by molar-refractivity contribution is 0.590. The van der Waals surface area contributed by atoms with Crippen LogP contribution in [0.4, 0.5) is 0 Å². The Balaban J connectivity index is 1.88. The van der Waals surface area contributed by atoms with Crippen molar-refractivity contribution in [2.45, 2.75) is 13.3 Å². The van der Waals surface area contributed by atoms with Gasteiger partial charge in [-0.25, -0.2) is 4.98 Å². The van der Waals surface area contributed by atoms with E-state index in [4.69, 9.17) is 4.42 Å². The predicted molar refractivity (Wildman–Crippen MR) is 55.7 cm³/mol. The fraction of sp³-hybridized carbons (Fsp3) is 0.222. The first-order valence-electron chi connectivity index (χ1n) is 4.50. The number of fused-ring (bicyclic) bond motifs is 1. The first kappa shape index (κ1) is 7.43. The minimum atomic E-state index is -2.06. The molecule has 3 aliphatic rings. The molecule has 0 radical (unpaired) electrons. The summed E-state index contributed by atoms with van der Waals surface area (Å²) < 4.78 is 17.2. The van der Waals surface area contributed by atoms with Crippen LogP contribution < -0.4 is 16.1 Å². The highest BCUT2D eigenvalue weighted by atomic mass is 32.1. The van der Waals surface area contributed by atoms with Crippen molar-refractivity contribution in [3.63, 3.8) is 0 Å². The Hall–Kier alpha value is -0.860. The third-order valence-electron chi connectivity index (χ3n) is 2.74. The second-order valence-corrected chi connectivity index (χ2v) is 6.98. The lowest BCUT2D eigenvalue weighted by Gasteiger charge is -1.85. The summed E-state index contributed by atoms with van der Waals surface area (Å²) >= 11 is 1.63. The fourth-order valence-corrected chi connectivity index (χ4v) is 5.07. The third-order valence-corrected chi connectivity index (χ3v) is 6.29. The van der Waals surface area contributed by atoms with Crippen LogP contribution in [0, 0.1) is 0 Å². The van der Waals surface area contributed by atoms with Gasteiger partial charge in [-0.05, 0) is 6.42 Å². The molecule has 2 bridgehead atoms. The maximum atomic E-state index is 11.7. The van der Waals surface area contributed by atoms with Crippen LogP contribution in [0.25, 0.3) is 11.5 Å². The largest absolute Gasteiger partial charge is 0.449 e. The van der Waals surface area contributed by atoms with Crippen LogP contribution in [-0.2, 0) is 11.0 Å². The molecular formula is C9H6NO2PS. The van der Waals surface area contributed by atoms with Gasteiger partial charge in [-0.15, -0.1) is 11.3 Å². The number of furan rings is 1. The minimum absolute atomic E-state index is 0.758. The summed E-state index contributed by atoms with van der Waals surface area (Å²) in [6.07, 6.45) is 0.943. The summed E-state index contributed by atoms with van der Waals surface area (Å²) in [5.41, 5.74) is 1.62. The lowest BCUT2D eigenvalue weighted by Crippen LogP contribution is -1.96. The number of rotatable bonds is 2. The van der Waals surface area contributed by atoms with E-state index in [2.05, 4.69) is 11.9 Å². The Kier molecular flexibility index (Phi) is 1.01. The van der Waals surface area contributed by atoms with Gasteiger partial charge in [0.25, 0.3) is 0 Å². The normalized spacial score (nSPS) is 24.9. The van der Waals surface area contributed by atoms with Crippen LogP contribution >= 0.6 is 18.5 Å². The van der Waals surface area contributed by atoms with Crippen LogP contribution in [0.2, 0.25) is 0 Å². The number of nitrogens with zero attached hydrogens (tertiary/aromatic N) is 1. The molecule has 5 rings (SSSR count). The summed E-state index contributed by atoms with van der Waals surface area (Å²) in [5, 5.41) is 5.07. The van der Waals surface area contributed by atoms with Crippen molar-refractivity contribution in [3.8, 4) is 11.5 Å². The molecule has 2 aromatic rings. The van der Waals surface area contributed by atoms with Gasteiger partial charge in [-0.2, -0.15) is 0 Å². The maximum Gasteiger partial charge on any atom is 0.214 e. The van der Waals surface area contributed by atoms with Crippen molar-refractivity contribution in [1.82, 2.24) is 4.98 Å². The monoisotopic (exact) mass is 223 g/mol. The summed E-state index contributed by atoms with van der Waals surface area (Å²) in [5.74, 6) is 0.772.